The number of carbonyl (C=O) groups is 1. The van der Waals surface area contributed by atoms with Crippen LogP contribution in [0.25, 0.3) is 17.3 Å². The summed E-state index contributed by atoms with van der Waals surface area (Å²) in [4.78, 5) is 17.4. The van der Waals surface area contributed by atoms with Gasteiger partial charge in [0.05, 0.1) is 23.6 Å². The molecule has 31 heavy (non-hydrogen) atoms. The number of allylic oxidation sites excluding steroid dienone is 1. The van der Waals surface area contributed by atoms with Crippen molar-refractivity contribution in [3.8, 4) is 5.69 Å². The van der Waals surface area contributed by atoms with E-state index in [1.807, 2.05) is 26.0 Å². The van der Waals surface area contributed by atoms with Gasteiger partial charge in [-0.2, -0.15) is 5.10 Å². The van der Waals surface area contributed by atoms with Crippen LogP contribution in [0.1, 0.15) is 43.1 Å². The standard InChI is InChI=1S/C24H26FN5O/c1-5-19(24(31)29-21(6-2)16-12-13-27-23(14-16)26-4)20-15-28-30(22(20)7-3)18-10-8-17(25)9-11-18/h5,7-15,21H,3,6H2,1-2,4H3,(H,26,27)(H,29,31)/b19-5+. The first-order valence-electron chi connectivity index (χ1n) is 10.1. The molecule has 0 aliphatic carbocycles. The molecule has 7 heteroatoms. The van der Waals surface area contributed by atoms with E-state index >= 15 is 0 Å². The Morgan fingerprint density at radius 1 is 1.29 bits per heavy atom. The number of halogens is 1. The molecule has 0 saturated carbocycles. The number of benzene rings is 1. The van der Waals surface area contributed by atoms with Gasteiger partial charge in [-0.15, -0.1) is 0 Å². The Balaban J connectivity index is 1.90. The summed E-state index contributed by atoms with van der Waals surface area (Å²) in [6.45, 7) is 7.70. The molecule has 0 aliphatic rings. The first kappa shape index (κ1) is 22.0. The van der Waals surface area contributed by atoms with Crippen LogP contribution in [0.2, 0.25) is 0 Å². The van der Waals surface area contributed by atoms with Gasteiger partial charge in [-0.25, -0.2) is 14.1 Å². The maximum atomic E-state index is 13.3. The fraction of sp³-hybridized carbons (Fsp3) is 0.208. The molecular weight excluding hydrogens is 393 g/mol. The number of anilines is 1. The van der Waals surface area contributed by atoms with Crippen molar-refractivity contribution in [2.24, 2.45) is 0 Å². The van der Waals surface area contributed by atoms with Crippen LogP contribution in [0.15, 0.2) is 61.4 Å². The minimum Gasteiger partial charge on any atom is -0.373 e. The highest BCUT2D eigenvalue weighted by Crippen LogP contribution is 2.26. The smallest absolute Gasteiger partial charge is 0.252 e. The van der Waals surface area contributed by atoms with Crippen LogP contribution >= 0.6 is 0 Å². The van der Waals surface area contributed by atoms with E-state index in [-0.39, 0.29) is 17.8 Å². The fourth-order valence-corrected chi connectivity index (χ4v) is 3.42. The summed E-state index contributed by atoms with van der Waals surface area (Å²) in [6.07, 6.45) is 7.46. The molecule has 2 aromatic heterocycles. The minimum atomic E-state index is -0.326. The topological polar surface area (TPSA) is 71.8 Å². The van der Waals surface area contributed by atoms with Gasteiger partial charge in [-0.1, -0.05) is 19.6 Å². The molecule has 1 unspecified atom stereocenters. The number of pyridine rings is 1. The summed E-state index contributed by atoms with van der Waals surface area (Å²) in [5.74, 6) is 0.206. The van der Waals surface area contributed by atoms with E-state index in [2.05, 4.69) is 27.3 Å². The van der Waals surface area contributed by atoms with Crippen LogP contribution < -0.4 is 10.6 Å². The molecule has 0 bridgehead atoms. The Bertz CT molecular complexity index is 1100. The summed E-state index contributed by atoms with van der Waals surface area (Å²) in [5, 5.41) is 10.5. The minimum absolute atomic E-state index is 0.170. The zero-order valence-corrected chi connectivity index (χ0v) is 17.9. The average Bonchev–Trinajstić information content (AvgIpc) is 3.22. The van der Waals surface area contributed by atoms with Crippen molar-refractivity contribution in [2.45, 2.75) is 26.3 Å². The van der Waals surface area contributed by atoms with Gasteiger partial charge in [0.15, 0.2) is 0 Å². The second kappa shape index (κ2) is 9.84. The van der Waals surface area contributed by atoms with Crippen molar-refractivity contribution in [3.05, 3.63) is 84.1 Å². The first-order valence-corrected chi connectivity index (χ1v) is 10.1. The van der Waals surface area contributed by atoms with Gasteiger partial charge in [0.25, 0.3) is 5.91 Å². The Morgan fingerprint density at radius 2 is 2.03 bits per heavy atom. The maximum Gasteiger partial charge on any atom is 0.252 e. The van der Waals surface area contributed by atoms with E-state index < -0.39 is 0 Å². The third-order valence-corrected chi connectivity index (χ3v) is 5.05. The van der Waals surface area contributed by atoms with Crippen LogP contribution in [0, 0.1) is 5.82 Å². The number of hydrogen-bond donors (Lipinski definition) is 2. The van der Waals surface area contributed by atoms with E-state index in [4.69, 9.17) is 0 Å². The molecule has 1 amide bonds. The second-order valence-electron chi connectivity index (χ2n) is 6.90. The first-order chi connectivity index (χ1) is 15.0. The van der Waals surface area contributed by atoms with Crippen LogP contribution in [0.3, 0.4) is 0 Å². The van der Waals surface area contributed by atoms with Gasteiger partial charge in [0.1, 0.15) is 11.6 Å². The Labute approximate surface area is 181 Å². The monoisotopic (exact) mass is 419 g/mol. The summed E-state index contributed by atoms with van der Waals surface area (Å²) < 4.78 is 14.9. The lowest BCUT2D eigenvalue weighted by molar-refractivity contribution is -0.116. The third kappa shape index (κ3) is 4.71. The highest BCUT2D eigenvalue weighted by atomic mass is 19.1. The molecule has 6 nitrogen and oxygen atoms in total. The molecule has 0 fully saturated rings. The molecule has 0 aliphatic heterocycles. The number of nitrogens with zero attached hydrogens (tertiary/aromatic N) is 3. The maximum absolute atomic E-state index is 13.3. The van der Waals surface area contributed by atoms with Crippen molar-refractivity contribution in [1.29, 1.82) is 0 Å². The van der Waals surface area contributed by atoms with Crippen LogP contribution in [-0.2, 0) is 4.79 Å². The molecule has 1 aromatic carbocycles. The molecular formula is C24H26FN5O. The number of nitrogens with one attached hydrogen (secondary N) is 2. The SMILES string of the molecule is C=Cc1c(/C(=C\C)C(=O)NC(CC)c2ccnc(NC)c2)cnn1-c1ccc(F)cc1. The molecule has 0 saturated heterocycles. The van der Waals surface area contributed by atoms with Crippen molar-refractivity contribution in [1.82, 2.24) is 20.1 Å². The van der Waals surface area contributed by atoms with Gasteiger partial charge in [-0.3, -0.25) is 4.79 Å². The van der Waals surface area contributed by atoms with Crippen molar-refractivity contribution in [3.63, 3.8) is 0 Å². The van der Waals surface area contributed by atoms with Crippen molar-refractivity contribution >= 4 is 23.4 Å². The lowest BCUT2D eigenvalue weighted by atomic mass is 10.0. The number of hydrogen-bond acceptors (Lipinski definition) is 4. The predicted octanol–water partition coefficient (Wildman–Crippen LogP) is 4.76. The molecule has 160 valence electrons. The molecule has 2 heterocycles. The zero-order valence-electron chi connectivity index (χ0n) is 17.9. The lowest BCUT2D eigenvalue weighted by Crippen LogP contribution is -2.29. The fourth-order valence-electron chi connectivity index (χ4n) is 3.42. The number of amides is 1. The summed E-state index contributed by atoms with van der Waals surface area (Å²) >= 11 is 0. The number of aromatic nitrogens is 3. The summed E-state index contributed by atoms with van der Waals surface area (Å²) in [6, 6.07) is 9.64. The van der Waals surface area contributed by atoms with E-state index in [1.165, 1.54) is 12.1 Å². The average molecular weight is 420 g/mol. The molecule has 2 N–H and O–H groups in total. The van der Waals surface area contributed by atoms with Gasteiger partial charge < -0.3 is 10.6 Å². The molecule has 1 atom stereocenters. The number of rotatable bonds is 8. The Hall–Kier alpha value is -3.74. The molecule has 3 aromatic rings. The largest absolute Gasteiger partial charge is 0.373 e. The summed E-state index contributed by atoms with van der Waals surface area (Å²) in [7, 11) is 1.80. The normalized spacial score (nSPS) is 12.3. The molecule has 0 spiro atoms. The molecule has 3 rings (SSSR count). The van der Waals surface area contributed by atoms with Gasteiger partial charge in [-0.05, 0) is 61.4 Å². The Morgan fingerprint density at radius 3 is 2.65 bits per heavy atom. The van der Waals surface area contributed by atoms with Crippen LogP contribution in [0.5, 0.6) is 0 Å². The highest BCUT2D eigenvalue weighted by molar-refractivity contribution is 6.20. The van der Waals surface area contributed by atoms with Crippen LogP contribution in [0.4, 0.5) is 10.2 Å². The number of carbonyl (C=O) groups excluding carboxylic acids is 1. The van der Waals surface area contributed by atoms with Gasteiger partial charge in [0.2, 0.25) is 0 Å². The van der Waals surface area contributed by atoms with E-state index in [1.54, 1.807) is 48.4 Å². The lowest BCUT2D eigenvalue weighted by Gasteiger charge is -2.19. The van der Waals surface area contributed by atoms with Crippen molar-refractivity contribution in [2.75, 3.05) is 12.4 Å². The zero-order chi connectivity index (χ0) is 22.4. The second-order valence-corrected chi connectivity index (χ2v) is 6.90. The van der Waals surface area contributed by atoms with E-state index in [0.717, 1.165) is 17.8 Å². The van der Waals surface area contributed by atoms with E-state index in [0.29, 0.717) is 22.5 Å². The highest BCUT2D eigenvalue weighted by Gasteiger charge is 2.21. The van der Waals surface area contributed by atoms with Gasteiger partial charge >= 0.3 is 0 Å². The predicted molar refractivity (Wildman–Crippen MR) is 122 cm³/mol. The van der Waals surface area contributed by atoms with Gasteiger partial charge in [0, 0.05) is 24.4 Å². The van der Waals surface area contributed by atoms with Crippen molar-refractivity contribution < 1.29 is 9.18 Å². The van der Waals surface area contributed by atoms with E-state index in [9.17, 15) is 9.18 Å². The quantitative estimate of drug-likeness (QED) is 0.516. The molecule has 0 radical (unpaired) electrons. The third-order valence-electron chi connectivity index (χ3n) is 5.05. The Kier molecular flexibility index (Phi) is 6.97. The van der Waals surface area contributed by atoms with Crippen LogP contribution in [-0.4, -0.2) is 27.7 Å². The summed E-state index contributed by atoms with van der Waals surface area (Å²) in [5.41, 5.74) is 3.45.